The lowest BCUT2D eigenvalue weighted by Crippen LogP contribution is -2.17. The summed E-state index contributed by atoms with van der Waals surface area (Å²) in [6.45, 7) is 4.19. The first kappa shape index (κ1) is 8.70. The van der Waals surface area contributed by atoms with Crippen LogP contribution < -0.4 is 5.73 Å². The zero-order valence-corrected chi connectivity index (χ0v) is 6.43. The van der Waals surface area contributed by atoms with E-state index in [2.05, 4.69) is 19.1 Å². The first-order chi connectivity index (χ1) is 4.31. The van der Waals surface area contributed by atoms with E-state index in [0.717, 1.165) is 12.8 Å². The van der Waals surface area contributed by atoms with Crippen LogP contribution in [0.3, 0.4) is 0 Å². The summed E-state index contributed by atoms with van der Waals surface area (Å²) in [5.74, 6) is 0. The quantitative estimate of drug-likeness (QED) is 0.575. The van der Waals surface area contributed by atoms with Gasteiger partial charge in [-0.1, -0.05) is 25.5 Å². The maximum Gasteiger partial charge on any atom is 0.00733 e. The second-order valence-electron chi connectivity index (χ2n) is 2.35. The maximum absolute atomic E-state index is 5.72. The minimum Gasteiger partial charge on any atom is -0.327 e. The molecule has 0 bridgehead atoms. The molecule has 1 nitrogen and oxygen atoms in total. The van der Waals surface area contributed by atoms with Crippen molar-refractivity contribution in [2.45, 2.75) is 39.2 Å². The van der Waals surface area contributed by atoms with Gasteiger partial charge < -0.3 is 5.73 Å². The van der Waals surface area contributed by atoms with Crippen LogP contribution in [0.5, 0.6) is 0 Å². The van der Waals surface area contributed by atoms with Gasteiger partial charge >= 0.3 is 0 Å². The van der Waals surface area contributed by atoms with E-state index >= 15 is 0 Å². The highest BCUT2D eigenvalue weighted by Gasteiger charge is 1.94. The topological polar surface area (TPSA) is 26.0 Å². The van der Waals surface area contributed by atoms with Crippen LogP contribution in [0, 0.1) is 0 Å². The van der Waals surface area contributed by atoms with E-state index < -0.39 is 0 Å². The SMILES string of the molecule is C/C=C/CC(N)CCC. The van der Waals surface area contributed by atoms with E-state index in [9.17, 15) is 0 Å². The van der Waals surface area contributed by atoms with Gasteiger partial charge in [-0.2, -0.15) is 0 Å². The fourth-order valence-electron chi connectivity index (χ4n) is 0.800. The zero-order valence-electron chi connectivity index (χ0n) is 6.43. The molecule has 0 saturated heterocycles. The molecule has 9 heavy (non-hydrogen) atoms. The van der Waals surface area contributed by atoms with E-state index in [0.29, 0.717) is 6.04 Å². The third-order valence-corrected chi connectivity index (χ3v) is 1.33. The molecule has 0 rings (SSSR count). The molecule has 0 aliphatic heterocycles. The third kappa shape index (κ3) is 5.57. The first-order valence-electron chi connectivity index (χ1n) is 3.68. The molecular formula is C8H17N. The standard InChI is InChI=1S/C8H17N/c1-3-5-7-8(9)6-4-2/h3,5,8H,4,6-7,9H2,1-2H3/b5-3+. The Balaban J connectivity index is 3.15. The lowest BCUT2D eigenvalue weighted by atomic mass is 10.1. The summed E-state index contributed by atoms with van der Waals surface area (Å²) in [4.78, 5) is 0. The van der Waals surface area contributed by atoms with Gasteiger partial charge in [0.05, 0.1) is 0 Å². The van der Waals surface area contributed by atoms with Gasteiger partial charge in [0.1, 0.15) is 0 Å². The van der Waals surface area contributed by atoms with Crippen LogP contribution in [0.2, 0.25) is 0 Å². The molecule has 1 heteroatoms. The first-order valence-corrected chi connectivity index (χ1v) is 3.68. The summed E-state index contributed by atoms with van der Waals surface area (Å²) in [6, 6.07) is 0.381. The Kier molecular flexibility index (Phi) is 5.64. The number of hydrogen-bond donors (Lipinski definition) is 1. The van der Waals surface area contributed by atoms with Crippen LogP contribution in [-0.2, 0) is 0 Å². The Hall–Kier alpha value is -0.300. The van der Waals surface area contributed by atoms with E-state index in [4.69, 9.17) is 5.73 Å². The number of rotatable bonds is 4. The fourth-order valence-corrected chi connectivity index (χ4v) is 0.800. The molecule has 0 heterocycles. The Labute approximate surface area is 57.9 Å². The number of hydrogen-bond acceptors (Lipinski definition) is 1. The lowest BCUT2D eigenvalue weighted by Gasteiger charge is -2.04. The highest BCUT2D eigenvalue weighted by atomic mass is 14.6. The monoisotopic (exact) mass is 127 g/mol. The predicted molar refractivity (Wildman–Crippen MR) is 42.3 cm³/mol. The molecule has 0 aromatic carbocycles. The van der Waals surface area contributed by atoms with Crippen molar-refractivity contribution in [1.82, 2.24) is 0 Å². The van der Waals surface area contributed by atoms with E-state index in [1.807, 2.05) is 6.92 Å². The summed E-state index contributed by atoms with van der Waals surface area (Å²) < 4.78 is 0. The van der Waals surface area contributed by atoms with Crippen molar-refractivity contribution < 1.29 is 0 Å². The Morgan fingerprint density at radius 2 is 2.22 bits per heavy atom. The van der Waals surface area contributed by atoms with E-state index in [-0.39, 0.29) is 0 Å². The highest BCUT2D eigenvalue weighted by Crippen LogP contribution is 1.98. The zero-order chi connectivity index (χ0) is 7.11. The summed E-state index contributed by atoms with van der Waals surface area (Å²) >= 11 is 0. The third-order valence-electron chi connectivity index (χ3n) is 1.33. The predicted octanol–water partition coefficient (Wildman–Crippen LogP) is 2.08. The van der Waals surface area contributed by atoms with Crippen LogP contribution in [-0.4, -0.2) is 6.04 Å². The number of nitrogens with two attached hydrogens (primary N) is 1. The van der Waals surface area contributed by atoms with Crippen molar-refractivity contribution in [3.05, 3.63) is 12.2 Å². The van der Waals surface area contributed by atoms with Crippen LogP contribution in [0.25, 0.3) is 0 Å². The van der Waals surface area contributed by atoms with E-state index in [1.165, 1.54) is 6.42 Å². The second kappa shape index (κ2) is 5.83. The normalized spacial score (nSPS) is 14.6. The molecule has 0 spiro atoms. The average Bonchev–Trinajstić information content (AvgIpc) is 1.85. The molecule has 0 fully saturated rings. The molecule has 1 unspecified atom stereocenters. The van der Waals surface area contributed by atoms with Crippen LogP contribution in [0.15, 0.2) is 12.2 Å². The van der Waals surface area contributed by atoms with Crippen molar-refractivity contribution in [3.63, 3.8) is 0 Å². The van der Waals surface area contributed by atoms with Gasteiger partial charge in [-0.05, 0) is 19.8 Å². The second-order valence-corrected chi connectivity index (χ2v) is 2.35. The summed E-state index contributed by atoms with van der Waals surface area (Å²) in [7, 11) is 0. The van der Waals surface area contributed by atoms with Crippen molar-refractivity contribution in [2.24, 2.45) is 5.73 Å². The molecule has 0 aliphatic carbocycles. The van der Waals surface area contributed by atoms with Gasteiger partial charge in [-0.3, -0.25) is 0 Å². The van der Waals surface area contributed by atoms with E-state index in [1.54, 1.807) is 0 Å². The van der Waals surface area contributed by atoms with Gasteiger partial charge in [0.2, 0.25) is 0 Å². The largest absolute Gasteiger partial charge is 0.327 e. The molecule has 0 saturated carbocycles. The van der Waals surface area contributed by atoms with Gasteiger partial charge in [0, 0.05) is 6.04 Å². The fraction of sp³-hybridized carbons (Fsp3) is 0.750. The Bertz CT molecular complexity index is 76.6. The molecule has 54 valence electrons. The lowest BCUT2D eigenvalue weighted by molar-refractivity contribution is 0.610. The molecule has 2 N–H and O–H groups in total. The van der Waals surface area contributed by atoms with Crippen LogP contribution >= 0.6 is 0 Å². The van der Waals surface area contributed by atoms with Gasteiger partial charge in [-0.15, -0.1) is 0 Å². The molecule has 0 radical (unpaired) electrons. The summed E-state index contributed by atoms with van der Waals surface area (Å²) in [5, 5.41) is 0. The molecule has 0 aliphatic rings. The smallest absolute Gasteiger partial charge is 0.00733 e. The molecule has 0 aromatic heterocycles. The minimum atomic E-state index is 0.381. The van der Waals surface area contributed by atoms with Gasteiger partial charge in [0.25, 0.3) is 0 Å². The molecular weight excluding hydrogens is 110 g/mol. The van der Waals surface area contributed by atoms with Gasteiger partial charge in [0.15, 0.2) is 0 Å². The Morgan fingerprint density at radius 1 is 1.56 bits per heavy atom. The molecule has 1 atom stereocenters. The molecule has 0 amide bonds. The van der Waals surface area contributed by atoms with Crippen molar-refractivity contribution in [2.75, 3.05) is 0 Å². The minimum absolute atomic E-state index is 0.381. The van der Waals surface area contributed by atoms with Crippen molar-refractivity contribution in [1.29, 1.82) is 0 Å². The summed E-state index contributed by atoms with van der Waals surface area (Å²) in [5.41, 5.74) is 5.72. The maximum atomic E-state index is 5.72. The average molecular weight is 127 g/mol. The van der Waals surface area contributed by atoms with Crippen LogP contribution in [0.1, 0.15) is 33.1 Å². The Morgan fingerprint density at radius 3 is 2.67 bits per heavy atom. The van der Waals surface area contributed by atoms with Crippen LogP contribution in [0.4, 0.5) is 0 Å². The van der Waals surface area contributed by atoms with Gasteiger partial charge in [-0.25, -0.2) is 0 Å². The van der Waals surface area contributed by atoms with Crippen molar-refractivity contribution in [3.8, 4) is 0 Å². The van der Waals surface area contributed by atoms with Crippen molar-refractivity contribution >= 4 is 0 Å². The number of allylic oxidation sites excluding steroid dienone is 1. The summed E-state index contributed by atoms with van der Waals surface area (Å²) in [6.07, 6.45) is 7.54. The molecule has 0 aromatic rings. The highest BCUT2D eigenvalue weighted by molar-refractivity contribution is 4.81.